The molecule has 0 saturated heterocycles. The first-order valence-electron chi connectivity index (χ1n) is 7.84. The van der Waals surface area contributed by atoms with Gasteiger partial charge in [0, 0.05) is 35.4 Å². The van der Waals surface area contributed by atoms with Gasteiger partial charge >= 0.3 is 0 Å². The van der Waals surface area contributed by atoms with Gasteiger partial charge in [0.2, 0.25) is 5.91 Å². The number of carbonyl (C=O) groups excluding carboxylic acids is 1. The number of hydrogen-bond acceptors (Lipinski definition) is 4. The lowest BCUT2D eigenvalue weighted by atomic mass is 10.1. The summed E-state index contributed by atoms with van der Waals surface area (Å²) in [6, 6.07) is 14.5. The summed E-state index contributed by atoms with van der Waals surface area (Å²) in [7, 11) is 0. The molecule has 0 radical (unpaired) electrons. The molecule has 0 atom stereocenters. The number of anilines is 3. The number of carbonyl (C=O) groups is 1. The molecule has 0 saturated carbocycles. The van der Waals surface area contributed by atoms with E-state index >= 15 is 0 Å². The summed E-state index contributed by atoms with van der Waals surface area (Å²) >= 11 is 0. The van der Waals surface area contributed by atoms with Crippen LogP contribution < -0.4 is 10.6 Å². The molecule has 6 nitrogen and oxygen atoms in total. The van der Waals surface area contributed by atoms with Crippen LogP contribution in [0.2, 0.25) is 0 Å². The number of fused-ring (bicyclic) bond motifs is 3. The number of phenols is 1. The van der Waals surface area contributed by atoms with Crippen molar-refractivity contribution in [2.45, 2.75) is 6.92 Å². The van der Waals surface area contributed by atoms with Crippen LogP contribution in [0.4, 0.5) is 17.1 Å². The molecular weight excluding hydrogens is 316 g/mol. The zero-order valence-corrected chi connectivity index (χ0v) is 13.5. The molecule has 0 aliphatic rings. The highest BCUT2D eigenvalue weighted by atomic mass is 16.3. The number of phenolic OH excluding ortho intramolecular Hbond substituents is 1. The van der Waals surface area contributed by atoms with Crippen LogP contribution in [0, 0.1) is 0 Å². The van der Waals surface area contributed by atoms with Crippen LogP contribution in [0.3, 0.4) is 0 Å². The molecule has 0 aliphatic heterocycles. The zero-order chi connectivity index (χ0) is 17.4. The van der Waals surface area contributed by atoms with Crippen molar-refractivity contribution in [1.29, 1.82) is 0 Å². The van der Waals surface area contributed by atoms with Crippen LogP contribution in [-0.2, 0) is 4.79 Å². The van der Waals surface area contributed by atoms with Gasteiger partial charge in [-0.3, -0.25) is 4.79 Å². The summed E-state index contributed by atoms with van der Waals surface area (Å²) in [4.78, 5) is 18.9. The maximum absolute atomic E-state index is 11.2. The zero-order valence-electron chi connectivity index (χ0n) is 13.5. The highest BCUT2D eigenvalue weighted by molar-refractivity contribution is 6.13. The Morgan fingerprint density at radius 2 is 1.84 bits per heavy atom. The topological polar surface area (TPSA) is 90.0 Å². The standard InChI is InChI=1S/C19H16N4O2/c1-11(24)21-13-4-7-15-17(10-13)23-19-18(15)16(8-9-20-19)22-12-2-5-14(25)6-3-12/h2-10,25H,1H3,(H,21,24)(H2,20,22,23). The monoisotopic (exact) mass is 332 g/mol. The summed E-state index contributed by atoms with van der Waals surface area (Å²) in [5.74, 6) is 0.117. The molecule has 6 heteroatoms. The number of nitrogens with one attached hydrogen (secondary N) is 3. The third-order valence-electron chi connectivity index (χ3n) is 3.96. The minimum absolute atomic E-state index is 0.108. The lowest BCUT2D eigenvalue weighted by molar-refractivity contribution is -0.114. The molecule has 4 rings (SSSR count). The molecule has 4 N–H and O–H groups in total. The summed E-state index contributed by atoms with van der Waals surface area (Å²) in [6.45, 7) is 1.48. The van der Waals surface area contributed by atoms with Gasteiger partial charge in [-0.1, -0.05) is 6.07 Å². The number of aromatic amines is 1. The van der Waals surface area contributed by atoms with E-state index in [0.29, 0.717) is 0 Å². The van der Waals surface area contributed by atoms with Crippen molar-refractivity contribution in [3.8, 4) is 5.75 Å². The number of amides is 1. The lowest BCUT2D eigenvalue weighted by Crippen LogP contribution is -2.05. The van der Waals surface area contributed by atoms with E-state index in [1.165, 1.54) is 6.92 Å². The molecule has 124 valence electrons. The van der Waals surface area contributed by atoms with Gasteiger partial charge in [0.05, 0.1) is 11.1 Å². The number of aromatic nitrogens is 2. The molecule has 0 spiro atoms. The molecule has 0 aliphatic carbocycles. The summed E-state index contributed by atoms with van der Waals surface area (Å²) in [5.41, 5.74) is 4.18. The average molecular weight is 332 g/mol. The predicted octanol–water partition coefficient (Wildman–Crippen LogP) is 4.12. The number of aromatic hydroxyl groups is 1. The Balaban J connectivity index is 1.82. The second kappa shape index (κ2) is 5.83. The molecule has 2 heterocycles. The van der Waals surface area contributed by atoms with Gasteiger partial charge < -0.3 is 20.7 Å². The number of rotatable bonds is 3. The van der Waals surface area contributed by atoms with Gasteiger partial charge in [-0.15, -0.1) is 0 Å². The largest absolute Gasteiger partial charge is 0.508 e. The molecular formula is C19H16N4O2. The number of H-pyrrole nitrogens is 1. The van der Waals surface area contributed by atoms with Gasteiger partial charge in [0.25, 0.3) is 0 Å². The van der Waals surface area contributed by atoms with Gasteiger partial charge in [-0.25, -0.2) is 4.98 Å². The lowest BCUT2D eigenvalue weighted by Gasteiger charge is -2.08. The van der Waals surface area contributed by atoms with E-state index in [1.54, 1.807) is 18.3 Å². The van der Waals surface area contributed by atoms with E-state index in [2.05, 4.69) is 20.6 Å². The second-order valence-electron chi connectivity index (χ2n) is 5.82. The smallest absolute Gasteiger partial charge is 0.221 e. The first kappa shape index (κ1) is 15.0. The fourth-order valence-electron chi connectivity index (χ4n) is 2.91. The molecule has 0 fully saturated rings. The second-order valence-corrected chi connectivity index (χ2v) is 5.82. The van der Waals surface area contributed by atoms with Crippen LogP contribution >= 0.6 is 0 Å². The van der Waals surface area contributed by atoms with Crippen molar-refractivity contribution in [1.82, 2.24) is 9.97 Å². The fraction of sp³-hybridized carbons (Fsp3) is 0.0526. The Morgan fingerprint density at radius 3 is 2.60 bits per heavy atom. The van der Waals surface area contributed by atoms with Crippen molar-refractivity contribution in [3.05, 3.63) is 54.7 Å². The third kappa shape index (κ3) is 2.85. The Kier molecular flexibility index (Phi) is 3.50. The van der Waals surface area contributed by atoms with Crippen LogP contribution in [0.15, 0.2) is 54.7 Å². The minimum Gasteiger partial charge on any atom is -0.508 e. The molecule has 0 unspecified atom stereocenters. The molecule has 25 heavy (non-hydrogen) atoms. The summed E-state index contributed by atoms with van der Waals surface area (Å²) in [5, 5.41) is 17.5. The van der Waals surface area contributed by atoms with Gasteiger partial charge in [0.1, 0.15) is 11.4 Å². The quantitative estimate of drug-likeness (QED) is 0.425. The van der Waals surface area contributed by atoms with Crippen LogP contribution in [-0.4, -0.2) is 21.0 Å². The van der Waals surface area contributed by atoms with Crippen molar-refractivity contribution >= 4 is 44.9 Å². The van der Waals surface area contributed by atoms with E-state index < -0.39 is 0 Å². The molecule has 4 aromatic rings. The first-order chi connectivity index (χ1) is 12.1. The highest BCUT2D eigenvalue weighted by Gasteiger charge is 2.11. The number of benzene rings is 2. The van der Waals surface area contributed by atoms with E-state index in [1.807, 2.05) is 36.4 Å². The fourth-order valence-corrected chi connectivity index (χ4v) is 2.91. The number of nitrogens with zero attached hydrogens (tertiary/aromatic N) is 1. The average Bonchev–Trinajstić information content (AvgIpc) is 2.95. The number of pyridine rings is 1. The van der Waals surface area contributed by atoms with Crippen molar-refractivity contribution in [2.75, 3.05) is 10.6 Å². The molecule has 1 amide bonds. The molecule has 2 aromatic carbocycles. The van der Waals surface area contributed by atoms with Crippen LogP contribution in [0.5, 0.6) is 5.75 Å². The van der Waals surface area contributed by atoms with Crippen molar-refractivity contribution in [3.63, 3.8) is 0 Å². The van der Waals surface area contributed by atoms with Crippen molar-refractivity contribution in [2.24, 2.45) is 0 Å². The van der Waals surface area contributed by atoms with E-state index in [-0.39, 0.29) is 11.7 Å². The van der Waals surface area contributed by atoms with Gasteiger partial charge in [-0.2, -0.15) is 0 Å². The Morgan fingerprint density at radius 1 is 1.08 bits per heavy atom. The Hall–Kier alpha value is -3.54. The van der Waals surface area contributed by atoms with Crippen LogP contribution in [0.25, 0.3) is 21.9 Å². The predicted molar refractivity (Wildman–Crippen MR) is 99.3 cm³/mol. The summed E-state index contributed by atoms with van der Waals surface area (Å²) < 4.78 is 0. The number of hydrogen-bond donors (Lipinski definition) is 4. The Bertz CT molecular complexity index is 1080. The van der Waals surface area contributed by atoms with E-state index in [0.717, 1.165) is 39.0 Å². The first-order valence-corrected chi connectivity index (χ1v) is 7.84. The van der Waals surface area contributed by atoms with Crippen molar-refractivity contribution < 1.29 is 9.90 Å². The highest BCUT2D eigenvalue weighted by Crippen LogP contribution is 2.33. The van der Waals surface area contributed by atoms with E-state index in [9.17, 15) is 9.90 Å². The Labute approximate surface area is 143 Å². The van der Waals surface area contributed by atoms with E-state index in [4.69, 9.17) is 0 Å². The summed E-state index contributed by atoms with van der Waals surface area (Å²) in [6.07, 6.45) is 1.73. The maximum Gasteiger partial charge on any atom is 0.221 e. The normalized spacial score (nSPS) is 10.9. The maximum atomic E-state index is 11.2. The third-order valence-corrected chi connectivity index (χ3v) is 3.96. The molecule has 2 aromatic heterocycles. The molecule has 0 bridgehead atoms. The van der Waals surface area contributed by atoms with Crippen LogP contribution in [0.1, 0.15) is 6.92 Å². The minimum atomic E-state index is -0.108. The SMILES string of the molecule is CC(=O)Nc1ccc2c(c1)[nH]c1nccc(Nc3ccc(O)cc3)c12. The van der Waals surface area contributed by atoms with Gasteiger partial charge in [0.15, 0.2) is 0 Å². The van der Waals surface area contributed by atoms with Gasteiger partial charge in [-0.05, 0) is 42.5 Å².